The number of hydrogen-bond donors (Lipinski definition) is 0. The van der Waals surface area contributed by atoms with E-state index in [1.807, 2.05) is 0 Å². The summed E-state index contributed by atoms with van der Waals surface area (Å²) in [5.41, 5.74) is 5.78. The molecule has 0 aromatic heterocycles. The molecule has 0 nitrogen and oxygen atoms in total. The first-order valence-electron chi connectivity index (χ1n) is 6.93. The van der Waals surface area contributed by atoms with Crippen molar-refractivity contribution in [2.75, 3.05) is 0 Å². The van der Waals surface area contributed by atoms with Gasteiger partial charge in [0.05, 0.1) is 0 Å². The Kier molecular flexibility index (Phi) is 4.28. The van der Waals surface area contributed by atoms with Gasteiger partial charge in [-0.1, -0.05) is 81.5 Å². The molecule has 0 saturated carbocycles. The molecule has 3 rings (SSSR count). The number of hydrogen-bond acceptors (Lipinski definition) is 0. The van der Waals surface area contributed by atoms with E-state index in [1.54, 1.807) is 0 Å². The molecule has 0 radical (unpaired) electrons. The predicted octanol–water partition coefficient (Wildman–Crippen LogP) is 4.49. The monoisotopic (exact) mass is 256 g/mol. The van der Waals surface area contributed by atoms with Crippen molar-refractivity contribution in [3.63, 3.8) is 0 Å². The first-order valence-corrected chi connectivity index (χ1v) is 6.93. The molecule has 1 unspecified atom stereocenters. The summed E-state index contributed by atoms with van der Waals surface area (Å²) in [6.07, 6.45) is 4.54. The van der Waals surface area contributed by atoms with Crippen molar-refractivity contribution < 1.29 is 0 Å². The van der Waals surface area contributed by atoms with Gasteiger partial charge in [-0.3, -0.25) is 0 Å². The van der Waals surface area contributed by atoms with Gasteiger partial charge in [0.15, 0.2) is 0 Å². The number of benzene rings is 2. The Balaban J connectivity index is 0.00000147. The van der Waals surface area contributed by atoms with Crippen LogP contribution in [-0.4, -0.2) is 18.9 Å². The maximum absolute atomic E-state index is 2.30. The molecule has 1 aliphatic rings. The van der Waals surface area contributed by atoms with Crippen LogP contribution in [0.4, 0.5) is 0 Å². The summed E-state index contributed by atoms with van der Waals surface area (Å²) in [5, 5.41) is 0. The van der Waals surface area contributed by atoms with Crippen molar-refractivity contribution in [1.82, 2.24) is 0 Å². The summed E-state index contributed by atoms with van der Waals surface area (Å²) in [5.74, 6) is 0.421. The molecule has 0 heterocycles. The Hall–Kier alpha value is -1.22. The van der Waals surface area contributed by atoms with E-state index >= 15 is 0 Å². The fourth-order valence-corrected chi connectivity index (χ4v) is 2.73. The third-order valence-electron chi connectivity index (χ3n) is 3.94. The van der Waals surface area contributed by atoms with E-state index < -0.39 is 0 Å². The third kappa shape index (κ3) is 2.78. The van der Waals surface area contributed by atoms with Crippen molar-refractivity contribution in [3.8, 4) is 0 Å². The fraction of sp³-hybridized carbons (Fsp3) is 0.263. The SMILES string of the molecule is CC(C)(C)c1ccc(C2C=Cc3ccccc32)cc1.[LiH]. The molecule has 0 bridgehead atoms. The molecule has 98 valence electrons. The van der Waals surface area contributed by atoms with Crippen molar-refractivity contribution >= 4 is 24.9 Å². The topological polar surface area (TPSA) is 0 Å². The molecule has 2 aromatic rings. The zero-order valence-corrected chi connectivity index (χ0v) is 11.9. The number of allylic oxidation sites excluding steroid dienone is 1. The zero-order chi connectivity index (χ0) is 13.5. The van der Waals surface area contributed by atoms with Gasteiger partial charge in [-0.15, -0.1) is 0 Å². The summed E-state index contributed by atoms with van der Waals surface area (Å²) in [7, 11) is 0. The van der Waals surface area contributed by atoms with E-state index in [9.17, 15) is 0 Å². The standard InChI is InChI=1S/C19H20.Li.H/c1-19(2,3)16-11-8-15(9-12-16)18-13-10-14-6-4-5-7-17(14)18;;/h4-13,18H,1-3H3;;. The summed E-state index contributed by atoms with van der Waals surface area (Å²) < 4.78 is 0. The molecule has 20 heavy (non-hydrogen) atoms. The summed E-state index contributed by atoms with van der Waals surface area (Å²) in [6, 6.07) is 17.7. The minimum absolute atomic E-state index is 0. The first kappa shape index (κ1) is 15.2. The molecule has 0 saturated heterocycles. The Labute approximate surface area is 134 Å². The molecule has 0 spiro atoms. The van der Waals surface area contributed by atoms with E-state index in [4.69, 9.17) is 0 Å². The van der Waals surface area contributed by atoms with Crippen LogP contribution in [0.5, 0.6) is 0 Å². The van der Waals surface area contributed by atoms with Gasteiger partial charge >= 0.3 is 18.9 Å². The van der Waals surface area contributed by atoms with Gasteiger partial charge in [0.2, 0.25) is 0 Å². The Morgan fingerprint density at radius 2 is 1.50 bits per heavy atom. The van der Waals surface area contributed by atoms with Gasteiger partial charge in [0, 0.05) is 5.92 Å². The average Bonchev–Trinajstić information content (AvgIpc) is 2.82. The van der Waals surface area contributed by atoms with Crippen LogP contribution in [0.2, 0.25) is 0 Å². The zero-order valence-electron chi connectivity index (χ0n) is 11.9. The predicted molar refractivity (Wildman–Crippen MR) is 89.6 cm³/mol. The van der Waals surface area contributed by atoms with Crippen LogP contribution in [0.15, 0.2) is 54.6 Å². The summed E-state index contributed by atoms with van der Waals surface area (Å²) in [4.78, 5) is 0. The van der Waals surface area contributed by atoms with E-state index in [0.29, 0.717) is 5.92 Å². The molecular formula is C19H21Li. The van der Waals surface area contributed by atoms with Crippen LogP contribution >= 0.6 is 0 Å². The summed E-state index contributed by atoms with van der Waals surface area (Å²) >= 11 is 0. The second kappa shape index (κ2) is 5.64. The van der Waals surface area contributed by atoms with Crippen LogP contribution in [-0.2, 0) is 5.41 Å². The molecule has 0 amide bonds. The molecule has 0 N–H and O–H groups in total. The minimum atomic E-state index is 0. The fourth-order valence-electron chi connectivity index (χ4n) is 2.73. The molecule has 0 fully saturated rings. The molecule has 1 atom stereocenters. The Morgan fingerprint density at radius 1 is 0.850 bits per heavy atom. The Morgan fingerprint density at radius 3 is 2.15 bits per heavy atom. The van der Waals surface area contributed by atoms with Crippen molar-refractivity contribution in [2.24, 2.45) is 0 Å². The van der Waals surface area contributed by atoms with Gasteiger partial charge in [-0.25, -0.2) is 0 Å². The Bertz CT molecular complexity index is 615. The van der Waals surface area contributed by atoms with E-state index in [0.717, 1.165) is 0 Å². The van der Waals surface area contributed by atoms with Crippen LogP contribution in [0.1, 0.15) is 48.9 Å². The molecule has 0 aliphatic heterocycles. The van der Waals surface area contributed by atoms with Crippen LogP contribution in [0, 0.1) is 0 Å². The van der Waals surface area contributed by atoms with Gasteiger partial charge in [0.25, 0.3) is 0 Å². The molecule has 1 heteroatoms. The van der Waals surface area contributed by atoms with Crippen molar-refractivity contribution in [2.45, 2.75) is 32.1 Å². The first-order chi connectivity index (χ1) is 9.05. The molecule has 1 aliphatic carbocycles. The van der Waals surface area contributed by atoms with E-state index in [-0.39, 0.29) is 24.3 Å². The number of rotatable bonds is 1. The maximum atomic E-state index is 2.30. The molecule has 2 aromatic carbocycles. The van der Waals surface area contributed by atoms with E-state index in [1.165, 1.54) is 22.3 Å². The quantitative estimate of drug-likeness (QED) is 0.659. The van der Waals surface area contributed by atoms with Crippen LogP contribution in [0.3, 0.4) is 0 Å². The van der Waals surface area contributed by atoms with Crippen molar-refractivity contribution in [3.05, 3.63) is 76.9 Å². The van der Waals surface area contributed by atoms with Crippen molar-refractivity contribution in [1.29, 1.82) is 0 Å². The average molecular weight is 256 g/mol. The number of fused-ring (bicyclic) bond motifs is 1. The second-order valence-electron chi connectivity index (χ2n) is 6.34. The van der Waals surface area contributed by atoms with Gasteiger partial charge in [-0.05, 0) is 27.7 Å². The van der Waals surface area contributed by atoms with Gasteiger partial charge < -0.3 is 0 Å². The van der Waals surface area contributed by atoms with Crippen LogP contribution in [0.25, 0.3) is 6.08 Å². The third-order valence-corrected chi connectivity index (χ3v) is 3.94. The second-order valence-corrected chi connectivity index (χ2v) is 6.34. The van der Waals surface area contributed by atoms with Crippen LogP contribution < -0.4 is 0 Å². The molecular weight excluding hydrogens is 235 g/mol. The van der Waals surface area contributed by atoms with Gasteiger partial charge in [0.1, 0.15) is 0 Å². The van der Waals surface area contributed by atoms with Gasteiger partial charge in [-0.2, -0.15) is 0 Å². The van der Waals surface area contributed by atoms with E-state index in [2.05, 4.69) is 81.5 Å². The summed E-state index contributed by atoms with van der Waals surface area (Å²) in [6.45, 7) is 6.77. The normalized spacial score (nSPS) is 16.6.